The zero-order valence-electron chi connectivity index (χ0n) is 11.7. The lowest BCUT2D eigenvalue weighted by Gasteiger charge is -2.30. The molecule has 0 bridgehead atoms. The number of halogens is 2. The van der Waals surface area contributed by atoms with Gasteiger partial charge in [0.1, 0.15) is 0 Å². The summed E-state index contributed by atoms with van der Waals surface area (Å²) in [5.41, 5.74) is 1.43. The molecule has 0 aromatic heterocycles. The van der Waals surface area contributed by atoms with Gasteiger partial charge in [-0.05, 0) is 43.4 Å². The van der Waals surface area contributed by atoms with E-state index >= 15 is 0 Å². The maximum Gasteiger partial charge on any atom is 0.0624 e. The fraction of sp³-hybridized carbons (Fsp3) is 0.600. The maximum atomic E-state index is 6.18. The molecule has 102 valence electrons. The quantitative estimate of drug-likeness (QED) is 0.808. The summed E-state index contributed by atoms with van der Waals surface area (Å²) < 4.78 is 0. The van der Waals surface area contributed by atoms with Crippen molar-refractivity contribution in [3.05, 3.63) is 33.8 Å². The van der Waals surface area contributed by atoms with Crippen LogP contribution < -0.4 is 5.32 Å². The number of rotatable bonds is 5. The highest BCUT2D eigenvalue weighted by atomic mass is 35.5. The van der Waals surface area contributed by atoms with Gasteiger partial charge in [-0.25, -0.2) is 0 Å². The van der Waals surface area contributed by atoms with Crippen LogP contribution in [0, 0.1) is 5.41 Å². The molecule has 0 saturated heterocycles. The summed E-state index contributed by atoms with van der Waals surface area (Å²) in [5.74, 6) is 0. The van der Waals surface area contributed by atoms with E-state index < -0.39 is 0 Å². The third-order valence-corrected chi connectivity index (χ3v) is 4.22. The van der Waals surface area contributed by atoms with Gasteiger partial charge in [0, 0.05) is 6.04 Å². The molecule has 0 amide bonds. The second kappa shape index (κ2) is 6.79. The molecule has 0 saturated carbocycles. The molecule has 1 unspecified atom stereocenters. The van der Waals surface area contributed by atoms with E-state index in [0.717, 1.165) is 24.8 Å². The minimum Gasteiger partial charge on any atom is -0.316 e. The molecule has 0 radical (unpaired) electrons. The molecule has 1 aromatic carbocycles. The normalized spacial score (nSPS) is 13.7. The molecule has 1 aromatic rings. The summed E-state index contributed by atoms with van der Waals surface area (Å²) in [6.45, 7) is 6.79. The van der Waals surface area contributed by atoms with Gasteiger partial charge in [0.05, 0.1) is 10.0 Å². The van der Waals surface area contributed by atoms with Crippen molar-refractivity contribution >= 4 is 23.2 Å². The molecule has 1 atom stereocenters. The van der Waals surface area contributed by atoms with Crippen LogP contribution in [0.2, 0.25) is 10.0 Å². The number of nitrogens with one attached hydrogen (secondary N) is 1. The highest BCUT2D eigenvalue weighted by Gasteiger charge is 2.22. The van der Waals surface area contributed by atoms with Gasteiger partial charge in [0.25, 0.3) is 0 Å². The number of aryl methyl sites for hydroxylation is 1. The number of hydrogen-bond acceptors (Lipinski definition) is 1. The Morgan fingerprint density at radius 2 is 1.89 bits per heavy atom. The van der Waals surface area contributed by atoms with Crippen LogP contribution in [0.3, 0.4) is 0 Å². The molecule has 0 fully saturated rings. The van der Waals surface area contributed by atoms with Gasteiger partial charge in [-0.15, -0.1) is 0 Å². The largest absolute Gasteiger partial charge is 0.316 e. The number of hydrogen-bond donors (Lipinski definition) is 1. The summed E-state index contributed by atoms with van der Waals surface area (Å²) in [5, 5.41) is 4.75. The fourth-order valence-corrected chi connectivity index (χ4v) is 2.66. The molecule has 0 aliphatic rings. The lowest BCUT2D eigenvalue weighted by Crippen LogP contribution is -2.37. The summed E-state index contributed by atoms with van der Waals surface area (Å²) in [6.07, 6.45) is 3.24. The van der Waals surface area contributed by atoms with Crippen LogP contribution in [-0.4, -0.2) is 13.1 Å². The van der Waals surface area contributed by atoms with Gasteiger partial charge < -0.3 is 5.32 Å². The average molecular weight is 288 g/mol. The van der Waals surface area contributed by atoms with Crippen LogP contribution >= 0.6 is 23.2 Å². The first-order valence-electron chi connectivity index (χ1n) is 6.46. The van der Waals surface area contributed by atoms with Crippen LogP contribution in [0.15, 0.2) is 18.2 Å². The second-order valence-corrected chi connectivity index (χ2v) is 6.60. The summed E-state index contributed by atoms with van der Waals surface area (Å²) in [4.78, 5) is 0. The van der Waals surface area contributed by atoms with E-state index in [4.69, 9.17) is 23.2 Å². The molecule has 1 rings (SSSR count). The first kappa shape index (κ1) is 15.8. The summed E-state index contributed by atoms with van der Waals surface area (Å²) in [6, 6.07) is 6.37. The Morgan fingerprint density at radius 3 is 2.44 bits per heavy atom. The zero-order valence-corrected chi connectivity index (χ0v) is 13.2. The minimum absolute atomic E-state index is 0.285. The molecule has 18 heavy (non-hydrogen) atoms. The van der Waals surface area contributed by atoms with Crippen LogP contribution in [0.25, 0.3) is 0 Å². The SMILES string of the molecule is CNC(CCCc1cccc(Cl)c1Cl)C(C)(C)C. The van der Waals surface area contributed by atoms with Crippen molar-refractivity contribution in [1.29, 1.82) is 0 Å². The lowest BCUT2D eigenvalue weighted by molar-refractivity contribution is 0.263. The third-order valence-electron chi connectivity index (χ3n) is 3.36. The Kier molecular flexibility index (Phi) is 5.97. The Balaban J connectivity index is 2.53. The topological polar surface area (TPSA) is 12.0 Å². The predicted octanol–water partition coefficient (Wildman–Crippen LogP) is 4.95. The van der Waals surface area contributed by atoms with Gasteiger partial charge >= 0.3 is 0 Å². The van der Waals surface area contributed by atoms with Crippen molar-refractivity contribution in [2.24, 2.45) is 5.41 Å². The van der Waals surface area contributed by atoms with Crippen LogP contribution in [0.4, 0.5) is 0 Å². The van der Waals surface area contributed by atoms with E-state index in [1.807, 2.05) is 19.2 Å². The Bertz CT molecular complexity index is 383. The third kappa shape index (κ3) is 4.46. The maximum absolute atomic E-state index is 6.18. The van der Waals surface area contributed by atoms with Crippen molar-refractivity contribution in [1.82, 2.24) is 5.32 Å². The van der Waals surface area contributed by atoms with E-state index in [0.29, 0.717) is 16.1 Å². The molecule has 0 spiro atoms. The van der Waals surface area contributed by atoms with Gasteiger partial charge in [-0.3, -0.25) is 0 Å². The lowest BCUT2D eigenvalue weighted by atomic mass is 9.83. The van der Waals surface area contributed by atoms with E-state index in [1.165, 1.54) is 0 Å². The van der Waals surface area contributed by atoms with E-state index in [2.05, 4.69) is 32.2 Å². The Morgan fingerprint density at radius 1 is 1.22 bits per heavy atom. The van der Waals surface area contributed by atoms with Crippen molar-refractivity contribution in [2.75, 3.05) is 7.05 Å². The van der Waals surface area contributed by atoms with Crippen LogP contribution in [0.1, 0.15) is 39.2 Å². The van der Waals surface area contributed by atoms with Gasteiger partial charge in [-0.2, -0.15) is 0 Å². The number of benzene rings is 1. The van der Waals surface area contributed by atoms with Crippen molar-refractivity contribution in [2.45, 2.75) is 46.1 Å². The minimum atomic E-state index is 0.285. The second-order valence-electron chi connectivity index (χ2n) is 5.81. The summed E-state index contributed by atoms with van der Waals surface area (Å²) in [7, 11) is 2.03. The zero-order chi connectivity index (χ0) is 13.8. The van der Waals surface area contributed by atoms with E-state index in [1.54, 1.807) is 0 Å². The highest BCUT2D eigenvalue weighted by molar-refractivity contribution is 6.42. The molecule has 3 heteroatoms. The Hall–Kier alpha value is -0.240. The molecular weight excluding hydrogens is 265 g/mol. The van der Waals surface area contributed by atoms with E-state index in [9.17, 15) is 0 Å². The highest BCUT2D eigenvalue weighted by Crippen LogP contribution is 2.28. The van der Waals surface area contributed by atoms with Gasteiger partial charge in [-0.1, -0.05) is 56.1 Å². The standard InChI is InChI=1S/C15H23Cl2N/c1-15(2,3)13(18-4)10-6-8-11-7-5-9-12(16)14(11)17/h5,7,9,13,18H,6,8,10H2,1-4H3. The predicted molar refractivity (Wildman–Crippen MR) is 81.7 cm³/mol. The summed E-state index contributed by atoms with van der Waals surface area (Å²) >= 11 is 12.2. The smallest absolute Gasteiger partial charge is 0.0624 e. The fourth-order valence-electron chi connectivity index (χ4n) is 2.25. The Labute approximate surface area is 121 Å². The van der Waals surface area contributed by atoms with Gasteiger partial charge in [0.2, 0.25) is 0 Å². The molecular formula is C15H23Cl2N. The first-order valence-corrected chi connectivity index (χ1v) is 7.22. The van der Waals surface area contributed by atoms with E-state index in [-0.39, 0.29) is 5.41 Å². The molecule has 0 aliphatic heterocycles. The van der Waals surface area contributed by atoms with Gasteiger partial charge in [0.15, 0.2) is 0 Å². The van der Waals surface area contributed by atoms with Crippen molar-refractivity contribution in [3.63, 3.8) is 0 Å². The van der Waals surface area contributed by atoms with Crippen molar-refractivity contribution < 1.29 is 0 Å². The molecule has 0 heterocycles. The first-order chi connectivity index (χ1) is 8.36. The monoisotopic (exact) mass is 287 g/mol. The van der Waals surface area contributed by atoms with Crippen molar-refractivity contribution in [3.8, 4) is 0 Å². The molecule has 1 N–H and O–H groups in total. The van der Waals surface area contributed by atoms with Crippen LogP contribution in [0.5, 0.6) is 0 Å². The average Bonchev–Trinajstić information content (AvgIpc) is 2.28. The van der Waals surface area contributed by atoms with Crippen LogP contribution in [-0.2, 0) is 6.42 Å². The molecule has 0 aliphatic carbocycles. The molecule has 1 nitrogen and oxygen atoms in total.